The molecule has 2 N–H and O–H groups in total. The number of hydrogen-bond donors (Lipinski definition) is 1. The van der Waals surface area contributed by atoms with E-state index in [0.29, 0.717) is 0 Å². The lowest BCUT2D eigenvalue weighted by atomic mass is 10.1. The molecule has 84 valence electrons. The van der Waals surface area contributed by atoms with Gasteiger partial charge in [-0.05, 0) is 37.6 Å². The SMILES string of the molecule is Cc1nccn1-c1ccc(F)cc1[C@@H](C)N. The van der Waals surface area contributed by atoms with Crippen LogP contribution in [-0.2, 0) is 0 Å². The number of aryl methyl sites for hydroxylation is 1. The standard InChI is InChI=1S/C12H14FN3/c1-8(14)11-7-10(13)3-4-12(11)16-6-5-15-9(16)2/h3-8H,14H2,1-2H3/t8-/m1/s1. The Kier molecular flexibility index (Phi) is 2.75. The van der Waals surface area contributed by atoms with Gasteiger partial charge in [-0.3, -0.25) is 0 Å². The molecule has 3 nitrogen and oxygen atoms in total. The van der Waals surface area contributed by atoms with Crippen molar-refractivity contribution in [2.45, 2.75) is 19.9 Å². The third-order valence-corrected chi connectivity index (χ3v) is 2.57. The van der Waals surface area contributed by atoms with Crippen LogP contribution >= 0.6 is 0 Å². The van der Waals surface area contributed by atoms with Crippen LogP contribution in [0.2, 0.25) is 0 Å². The molecule has 0 saturated heterocycles. The van der Waals surface area contributed by atoms with Gasteiger partial charge in [-0.25, -0.2) is 9.37 Å². The highest BCUT2D eigenvalue weighted by Crippen LogP contribution is 2.22. The van der Waals surface area contributed by atoms with Crippen molar-refractivity contribution in [2.24, 2.45) is 5.73 Å². The number of halogens is 1. The van der Waals surface area contributed by atoms with Crippen molar-refractivity contribution in [1.29, 1.82) is 0 Å². The van der Waals surface area contributed by atoms with Crippen molar-refractivity contribution >= 4 is 0 Å². The van der Waals surface area contributed by atoms with Crippen LogP contribution in [0.4, 0.5) is 4.39 Å². The smallest absolute Gasteiger partial charge is 0.123 e. The monoisotopic (exact) mass is 219 g/mol. The van der Waals surface area contributed by atoms with E-state index in [-0.39, 0.29) is 11.9 Å². The molecular formula is C12H14FN3. The Balaban J connectivity index is 2.61. The van der Waals surface area contributed by atoms with Crippen molar-refractivity contribution in [2.75, 3.05) is 0 Å². The van der Waals surface area contributed by atoms with E-state index in [1.54, 1.807) is 12.3 Å². The first-order valence-corrected chi connectivity index (χ1v) is 5.15. The Labute approximate surface area is 93.7 Å². The summed E-state index contributed by atoms with van der Waals surface area (Å²) in [6, 6.07) is 4.41. The fraction of sp³-hybridized carbons (Fsp3) is 0.250. The van der Waals surface area contributed by atoms with Crippen LogP contribution < -0.4 is 5.73 Å². The Morgan fingerprint density at radius 1 is 1.44 bits per heavy atom. The van der Waals surface area contributed by atoms with E-state index in [9.17, 15) is 4.39 Å². The molecule has 0 aliphatic heterocycles. The minimum Gasteiger partial charge on any atom is -0.324 e. The molecule has 0 bridgehead atoms. The van der Waals surface area contributed by atoms with Crippen LogP contribution in [0.3, 0.4) is 0 Å². The van der Waals surface area contributed by atoms with Crippen LogP contribution in [0.25, 0.3) is 5.69 Å². The highest BCUT2D eigenvalue weighted by Gasteiger charge is 2.11. The maximum Gasteiger partial charge on any atom is 0.123 e. The van der Waals surface area contributed by atoms with Gasteiger partial charge in [0.2, 0.25) is 0 Å². The molecule has 0 aliphatic rings. The topological polar surface area (TPSA) is 43.8 Å². The lowest BCUT2D eigenvalue weighted by Crippen LogP contribution is -2.10. The van der Waals surface area contributed by atoms with E-state index in [1.807, 2.05) is 24.6 Å². The molecule has 2 aromatic rings. The molecule has 1 aromatic carbocycles. The van der Waals surface area contributed by atoms with Gasteiger partial charge in [0.25, 0.3) is 0 Å². The third kappa shape index (κ3) is 1.84. The second-order valence-electron chi connectivity index (χ2n) is 3.84. The predicted octanol–water partition coefficient (Wildman–Crippen LogP) is 2.34. The van der Waals surface area contributed by atoms with Gasteiger partial charge in [0.1, 0.15) is 11.6 Å². The summed E-state index contributed by atoms with van der Waals surface area (Å²) < 4.78 is 15.1. The maximum absolute atomic E-state index is 13.2. The first-order valence-electron chi connectivity index (χ1n) is 5.15. The van der Waals surface area contributed by atoms with Crippen LogP contribution in [0.15, 0.2) is 30.6 Å². The number of aromatic nitrogens is 2. The Hall–Kier alpha value is -1.68. The van der Waals surface area contributed by atoms with Gasteiger partial charge in [-0.1, -0.05) is 0 Å². The lowest BCUT2D eigenvalue weighted by Gasteiger charge is -2.14. The fourth-order valence-electron chi connectivity index (χ4n) is 1.74. The molecule has 1 aromatic heterocycles. The van der Waals surface area contributed by atoms with Gasteiger partial charge >= 0.3 is 0 Å². The van der Waals surface area contributed by atoms with Gasteiger partial charge in [0.05, 0.1) is 5.69 Å². The van der Waals surface area contributed by atoms with Gasteiger partial charge in [-0.15, -0.1) is 0 Å². The molecular weight excluding hydrogens is 205 g/mol. The van der Waals surface area contributed by atoms with Crippen molar-refractivity contribution < 1.29 is 4.39 Å². The van der Waals surface area contributed by atoms with Gasteiger partial charge in [-0.2, -0.15) is 0 Å². The minimum atomic E-state index is -0.270. The second kappa shape index (κ2) is 4.06. The largest absolute Gasteiger partial charge is 0.324 e. The van der Waals surface area contributed by atoms with E-state index in [4.69, 9.17) is 5.73 Å². The molecule has 1 atom stereocenters. The zero-order valence-corrected chi connectivity index (χ0v) is 9.31. The Morgan fingerprint density at radius 2 is 2.19 bits per heavy atom. The highest BCUT2D eigenvalue weighted by atomic mass is 19.1. The van der Waals surface area contributed by atoms with Crippen molar-refractivity contribution in [1.82, 2.24) is 9.55 Å². The van der Waals surface area contributed by atoms with Crippen LogP contribution in [-0.4, -0.2) is 9.55 Å². The summed E-state index contributed by atoms with van der Waals surface area (Å²) in [5.41, 5.74) is 7.50. The number of hydrogen-bond acceptors (Lipinski definition) is 2. The minimum absolute atomic E-state index is 0.215. The lowest BCUT2D eigenvalue weighted by molar-refractivity contribution is 0.621. The van der Waals surface area contributed by atoms with E-state index in [1.165, 1.54) is 12.1 Å². The molecule has 0 fully saturated rings. The van der Waals surface area contributed by atoms with E-state index >= 15 is 0 Å². The molecule has 2 rings (SSSR count). The van der Waals surface area contributed by atoms with Gasteiger partial charge < -0.3 is 10.3 Å². The molecule has 0 spiro atoms. The number of rotatable bonds is 2. The quantitative estimate of drug-likeness (QED) is 0.842. The number of nitrogens with zero attached hydrogens (tertiary/aromatic N) is 2. The predicted molar refractivity (Wildman–Crippen MR) is 60.9 cm³/mol. The Bertz CT molecular complexity index is 503. The van der Waals surface area contributed by atoms with E-state index in [2.05, 4.69) is 4.98 Å². The van der Waals surface area contributed by atoms with Crippen LogP contribution in [0.1, 0.15) is 24.4 Å². The fourth-order valence-corrected chi connectivity index (χ4v) is 1.74. The van der Waals surface area contributed by atoms with Crippen molar-refractivity contribution in [3.8, 4) is 5.69 Å². The summed E-state index contributed by atoms with van der Waals surface area (Å²) in [7, 11) is 0. The summed E-state index contributed by atoms with van der Waals surface area (Å²) in [6.07, 6.45) is 3.55. The molecule has 0 amide bonds. The van der Waals surface area contributed by atoms with E-state index in [0.717, 1.165) is 17.1 Å². The number of benzene rings is 1. The maximum atomic E-state index is 13.2. The van der Waals surface area contributed by atoms with Crippen LogP contribution in [0.5, 0.6) is 0 Å². The van der Waals surface area contributed by atoms with Crippen LogP contribution in [0, 0.1) is 12.7 Å². The first-order chi connectivity index (χ1) is 7.59. The molecule has 0 aliphatic carbocycles. The molecule has 0 saturated carbocycles. The average molecular weight is 219 g/mol. The molecule has 4 heteroatoms. The summed E-state index contributed by atoms with van der Waals surface area (Å²) in [5.74, 6) is 0.585. The number of nitrogens with two attached hydrogens (primary N) is 1. The zero-order valence-electron chi connectivity index (χ0n) is 9.31. The third-order valence-electron chi connectivity index (χ3n) is 2.57. The van der Waals surface area contributed by atoms with Gasteiger partial charge in [0.15, 0.2) is 0 Å². The highest BCUT2D eigenvalue weighted by molar-refractivity contribution is 5.44. The summed E-state index contributed by atoms with van der Waals surface area (Å²) >= 11 is 0. The summed E-state index contributed by atoms with van der Waals surface area (Å²) in [4.78, 5) is 4.14. The Morgan fingerprint density at radius 3 is 2.75 bits per heavy atom. The normalized spacial score (nSPS) is 12.8. The molecule has 1 heterocycles. The first kappa shape index (κ1) is 10.8. The molecule has 0 unspecified atom stereocenters. The van der Waals surface area contributed by atoms with E-state index < -0.39 is 0 Å². The summed E-state index contributed by atoms with van der Waals surface area (Å²) in [5, 5.41) is 0. The second-order valence-corrected chi connectivity index (χ2v) is 3.84. The molecule has 0 radical (unpaired) electrons. The zero-order chi connectivity index (χ0) is 11.7. The van der Waals surface area contributed by atoms with Crippen molar-refractivity contribution in [3.05, 3.63) is 47.8 Å². The molecule has 16 heavy (non-hydrogen) atoms. The number of imidazole rings is 1. The van der Waals surface area contributed by atoms with Gasteiger partial charge in [0, 0.05) is 18.4 Å². The van der Waals surface area contributed by atoms with Crippen molar-refractivity contribution in [3.63, 3.8) is 0 Å². The summed E-state index contributed by atoms with van der Waals surface area (Å²) in [6.45, 7) is 3.73. The average Bonchev–Trinajstić information content (AvgIpc) is 2.64.